The van der Waals surface area contributed by atoms with Crippen molar-refractivity contribution in [2.24, 2.45) is 29.6 Å². The number of ether oxygens (including phenoxy) is 2. The number of likely N-dealkylation sites (N-methyl/N-ethyl adjacent to an activating group) is 2. The molecular formula is C40H64FN5O8. The molecule has 4 N–H and O–H groups in total. The molecule has 2 aliphatic rings. The number of likely N-dealkylation sites (tertiary alicyclic amines) is 1. The lowest BCUT2D eigenvalue weighted by atomic mass is 9.89. The highest BCUT2D eigenvalue weighted by Gasteiger charge is 2.57. The molecule has 1 saturated carbocycles. The Kier molecular flexibility index (Phi) is 16.4. The molecule has 304 valence electrons. The maximum absolute atomic E-state index is 14.4. The predicted octanol–water partition coefficient (Wildman–Crippen LogP) is 3.24. The van der Waals surface area contributed by atoms with Gasteiger partial charge in [-0.25, -0.2) is 9.18 Å². The van der Waals surface area contributed by atoms with Gasteiger partial charge in [0.2, 0.25) is 23.6 Å². The van der Waals surface area contributed by atoms with Crippen LogP contribution < -0.4 is 16.0 Å². The highest BCUT2D eigenvalue weighted by molar-refractivity contribution is 5.90. The number of aliphatic carboxylic acids is 1. The average molecular weight is 762 g/mol. The number of nitrogens with zero attached hydrogens (tertiary/aromatic N) is 2. The monoisotopic (exact) mass is 761 g/mol. The zero-order valence-electron chi connectivity index (χ0n) is 33.9. The number of carboxylic acid groups (broad SMARTS) is 1. The fourth-order valence-corrected chi connectivity index (χ4v) is 8.14. The lowest BCUT2D eigenvalue weighted by molar-refractivity contribution is -0.149. The first-order valence-electron chi connectivity index (χ1n) is 19.3. The molecule has 1 saturated heterocycles. The minimum atomic E-state index is -1.37. The Labute approximate surface area is 320 Å². The van der Waals surface area contributed by atoms with Crippen molar-refractivity contribution in [3.05, 3.63) is 35.6 Å². The fourth-order valence-electron chi connectivity index (χ4n) is 8.14. The largest absolute Gasteiger partial charge is 0.480 e. The lowest BCUT2D eigenvalue weighted by Gasteiger charge is -2.41. The fraction of sp³-hybridized carbons (Fsp3) is 0.725. The first-order chi connectivity index (χ1) is 25.4. The van der Waals surface area contributed by atoms with E-state index in [4.69, 9.17) is 9.47 Å². The number of carboxylic acids is 1. The van der Waals surface area contributed by atoms with Crippen molar-refractivity contribution in [3.8, 4) is 0 Å². The summed E-state index contributed by atoms with van der Waals surface area (Å²) < 4.78 is 26.2. The van der Waals surface area contributed by atoms with Gasteiger partial charge in [0, 0.05) is 33.7 Å². The van der Waals surface area contributed by atoms with Gasteiger partial charge in [-0.1, -0.05) is 73.1 Å². The van der Waals surface area contributed by atoms with Crippen molar-refractivity contribution >= 4 is 29.6 Å². The van der Waals surface area contributed by atoms with Crippen LogP contribution in [-0.2, 0) is 39.9 Å². The number of benzene rings is 1. The lowest BCUT2D eigenvalue weighted by Crippen LogP contribution is -2.59. The Morgan fingerprint density at radius 2 is 1.57 bits per heavy atom. The van der Waals surface area contributed by atoms with Gasteiger partial charge >= 0.3 is 5.97 Å². The molecule has 1 unspecified atom stereocenters. The molecule has 0 bridgehead atoms. The molecule has 14 heteroatoms. The Morgan fingerprint density at radius 1 is 0.944 bits per heavy atom. The van der Waals surface area contributed by atoms with Gasteiger partial charge in [-0.2, -0.15) is 0 Å². The van der Waals surface area contributed by atoms with Gasteiger partial charge in [-0.3, -0.25) is 19.2 Å². The molecular weight excluding hydrogens is 697 g/mol. The molecule has 1 aromatic carbocycles. The zero-order chi connectivity index (χ0) is 40.6. The number of carbonyl (C=O) groups excluding carboxylic acids is 4. The van der Waals surface area contributed by atoms with Gasteiger partial charge in [0.05, 0.1) is 42.7 Å². The Balaban J connectivity index is 1.81. The maximum Gasteiger partial charge on any atom is 0.326 e. The first-order valence-corrected chi connectivity index (χ1v) is 19.3. The van der Waals surface area contributed by atoms with Crippen molar-refractivity contribution in [1.29, 1.82) is 0 Å². The number of carbonyl (C=O) groups is 5. The Hall–Kier alpha value is -3.62. The zero-order valence-corrected chi connectivity index (χ0v) is 33.9. The molecule has 54 heavy (non-hydrogen) atoms. The normalized spacial score (nSPS) is 22.3. The SMILES string of the molecule is CC[C@H](C)C([C@@H](CC(=O)N1[C@H]2C[C@H]2C[C@H]1[C@H](OC)[C@@H](C)C(=O)N[C@@H](Cc1ccccc1F)C(=O)O)OC)N(C)C(=O)[C@@H](NC(=O)[C@@H](NC)C(C)C)C(C)C. The third-order valence-corrected chi connectivity index (χ3v) is 11.6. The quantitative estimate of drug-likeness (QED) is 0.147. The van der Waals surface area contributed by atoms with E-state index in [1.54, 1.807) is 36.9 Å². The number of halogens is 1. The minimum Gasteiger partial charge on any atom is -0.480 e. The van der Waals surface area contributed by atoms with Crippen molar-refractivity contribution in [3.63, 3.8) is 0 Å². The molecule has 1 aliphatic heterocycles. The number of amides is 4. The number of piperidine rings is 1. The van der Waals surface area contributed by atoms with E-state index in [1.165, 1.54) is 32.4 Å². The summed E-state index contributed by atoms with van der Waals surface area (Å²) in [6, 6.07) is 2.21. The molecule has 1 aliphatic carbocycles. The van der Waals surface area contributed by atoms with E-state index in [0.717, 1.165) is 6.42 Å². The summed E-state index contributed by atoms with van der Waals surface area (Å²) in [5, 5.41) is 18.4. The number of hydrogen-bond acceptors (Lipinski definition) is 8. The number of nitrogens with one attached hydrogen (secondary N) is 3. The van der Waals surface area contributed by atoms with E-state index in [-0.39, 0.29) is 65.8 Å². The van der Waals surface area contributed by atoms with Gasteiger partial charge in [-0.15, -0.1) is 0 Å². The standard InChI is InChI=1S/C40H64FN5O8/c1-12-23(6)35(45(9)39(50)34(22(4)5)44-38(49)33(42-8)21(2)3)31(53-10)20-32(47)46-29-18-26(29)19-30(46)36(54-11)24(7)37(48)43-28(40(51)52)17-25-15-13-14-16-27(25)41/h13-16,21-24,26,28-31,33-36,42H,12,17-20H2,1-11H3,(H,43,48)(H,44,49)(H,51,52)/t23-,24+,26-,28-,29-,30-,31+,33-,34-,35?,36+/m0/s1. The van der Waals surface area contributed by atoms with Gasteiger partial charge in [0.15, 0.2) is 0 Å². The van der Waals surface area contributed by atoms with E-state index >= 15 is 0 Å². The second kappa shape index (κ2) is 19.8. The van der Waals surface area contributed by atoms with E-state index in [2.05, 4.69) is 16.0 Å². The highest BCUT2D eigenvalue weighted by atomic mass is 19.1. The van der Waals surface area contributed by atoms with E-state index in [0.29, 0.717) is 12.8 Å². The van der Waals surface area contributed by atoms with E-state index < -0.39 is 66.0 Å². The van der Waals surface area contributed by atoms with Crippen LogP contribution in [0, 0.1) is 35.4 Å². The molecule has 11 atom stereocenters. The number of fused-ring (bicyclic) bond motifs is 1. The van der Waals surface area contributed by atoms with Crippen LogP contribution in [0.1, 0.15) is 79.7 Å². The van der Waals surface area contributed by atoms with Crippen LogP contribution in [0.25, 0.3) is 0 Å². The smallest absolute Gasteiger partial charge is 0.326 e. The molecule has 1 aromatic rings. The Bertz CT molecular complexity index is 1460. The molecule has 3 rings (SSSR count). The van der Waals surface area contributed by atoms with Gasteiger partial charge in [-0.05, 0) is 55.2 Å². The summed E-state index contributed by atoms with van der Waals surface area (Å²) in [5.41, 5.74) is 0.169. The third-order valence-electron chi connectivity index (χ3n) is 11.6. The van der Waals surface area contributed by atoms with Crippen LogP contribution in [-0.4, -0.2) is 121 Å². The molecule has 13 nitrogen and oxygen atoms in total. The Morgan fingerprint density at radius 3 is 2.09 bits per heavy atom. The van der Waals surface area contributed by atoms with Crippen molar-refractivity contribution in [2.45, 2.75) is 129 Å². The summed E-state index contributed by atoms with van der Waals surface area (Å²) >= 11 is 0. The summed E-state index contributed by atoms with van der Waals surface area (Å²) in [6.45, 7) is 13.3. The molecule has 2 fully saturated rings. The van der Waals surface area contributed by atoms with Crippen LogP contribution in [0.5, 0.6) is 0 Å². The van der Waals surface area contributed by atoms with Crippen LogP contribution in [0.3, 0.4) is 0 Å². The highest BCUT2D eigenvalue weighted by Crippen LogP contribution is 2.50. The van der Waals surface area contributed by atoms with Gasteiger partial charge in [0.1, 0.15) is 17.9 Å². The third kappa shape index (κ3) is 10.6. The maximum atomic E-state index is 14.4. The average Bonchev–Trinajstić information content (AvgIpc) is 3.78. The van der Waals surface area contributed by atoms with Gasteiger partial charge < -0.3 is 40.3 Å². The molecule has 0 radical (unpaired) electrons. The van der Waals surface area contributed by atoms with Gasteiger partial charge in [0.25, 0.3) is 0 Å². The number of methoxy groups -OCH3 is 2. The predicted molar refractivity (Wildman–Crippen MR) is 203 cm³/mol. The molecule has 0 spiro atoms. The number of hydrogen-bond donors (Lipinski definition) is 4. The van der Waals surface area contributed by atoms with Crippen molar-refractivity contribution in [1.82, 2.24) is 25.8 Å². The van der Waals surface area contributed by atoms with Crippen molar-refractivity contribution in [2.75, 3.05) is 28.3 Å². The van der Waals surface area contributed by atoms with E-state index in [1.807, 2.05) is 41.5 Å². The summed E-state index contributed by atoms with van der Waals surface area (Å²) in [5.74, 6) is -4.01. The van der Waals surface area contributed by atoms with Crippen LogP contribution >= 0.6 is 0 Å². The second-order valence-corrected chi connectivity index (χ2v) is 15.9. The van der Waals surface area contributed by atoms with E-state index in [9.17, 15) is 33.5 Å². The molecule has 4 amide bonds. The first kappa shape index (κ1) is 44.8. The van der Waals surface area contributed by atoms with Crippen LogP contribution in [0.2, 0.25) is 0 Å². The molecule has 1 heterocycles. The summed E-state index contributed by atoms with van der Waals surface area (Å²) in [4.78, 5) is 70.8. The van der Waals surface area contributed by atoms with Crippen LogP contribution in [0.4, 0.5) is 4.39 Å². The van der Waals surface area contributed by atoms with Crippen LogP contribution in [0.15, 0.2) is 24.3 Å². The summed E-state index contributed by atoms with van der Waals surface area (Å²) in [6.07, 6.45) is 0.457. The minimum absolute atomic E-state index is 0.00943. The topological polar surface area (TPSA) is 167 Å². The molecule has 0 aromatic heterocycles. The second-order valence-electron chi connectivity index (χ2n) is 15.9. The number of rotatable bonds is 21. The van der Waals surface area contributed by atoms with Crippen molar-refractivity contribution < 1.29 is 42.9 Å². The summed E-state index contributed by atoms with van der Waals surface area (Å²) in [7, 11) is 6.41.